The summed E-state index contributed by atoms with van der Waals surface area (Å²) in [6, 6.07) is 7.85. The van der Waals surface area contributed by atoms with Gasteiger partial charge < -0.3 is 10.1 Å². The lowest BCUT2D eigenvalue weighted by atomic mass is 10.1. The average Bonchev–Trinajstić information content (AvgIpc) is 2.53. The fourth-order valence-electron chi connectivity index (χ4n) is 1.91. The fourth-order valence-corrected chi connectivity index (χ4v) is 2.48. The van der Waals surface area contributed by atoms with Crippen molar-refractivity contribution in [1.29, 1.82) is 0 Å². The van der Waals surface area contributed by atoms with E-state index in [1.54, 1.807) is 43.5 Å². The number of ether oxygens (including phenoxy) is 1. The molecule has 1 atom stereocenters. The van der Waals surface area contributed by atoms with E-state index in [2.05, 4.69) is 10.3 Å². The van der Waals surface area contributed by atoms with Crippen molar-refractivity contribution in [3.8, 4) is 0 Å². The highest BCUT2D eigenvalue weighted by atomic mass is 35.5. The van der Waals surface area contributed by atoms with E-state index in [9.17, 15) is 9.59 Å². The summed E-state index contributed by atoms with van der Waals surface area (Å²) in [5, 5.41) is 3.68. The molecule has 1 amide bonds. The van der Waals surface area contributed by atoms with Gasteiger partial charge in [0.05, 0.1) is 11.6 Å². The van der Waals surface area contributed by atoms with E-state index in [1.165, 1.54) is 6.20 Å². The summed E-state index contributed by atoms with van der Waals surface area (Å²) >= 11 is 11.9. The van der Waals surface area contributed by atoms with Gasteiger partial charge in [0, 0.05) is 22.4 Å². The third kappa shape index (κ3) is 4.94. The molecule has 0 saturated heterocycles. The normalized spacial score (nSPS) is 11.6. The molecule has 23 heavy (non-hydrogen) atoms. The number of amides is 1. The van der Waals surface area contributed by atoms with Gasteiger partial charge in [-0.15, -0.1) is 0 Å². The second-order valence-electron chi connectivity index (χ2n) is 4.77. The SMILES string of the molecule is C[C@@H](NC(=O)COC(=O)c1cccnc1)c1ccc(Cl)cc1Cl. The van der Waals surface area contributed by atoms with Crippen LogP contribution in [0.1, 0.15) is 28.9 Å². The van der Waals surface area contributed by atoms with Crippen molar-refractivity contribution in [2.75, 3.05) is 6.61 Å². The Balaban J connectivity index is 1.88. The lowest BCUT2D eigenvalue weighted by Crippen LogP contribution is -2.31. The van der Waals surface area contributed by atoms with E-state index in [0.29, 0.717) is 10.0 Å². The van der Waals surface area contributed by atoms with Crippen LogP contribution >= 0.6 is 23.2 Å². The molecule has 1 heterocycles. The van der Waals surface area contributed by atoms with E-state index >= 15 is 0 Å². The van der Waals surface area contributed by atoms with Crippen LogP contribution in [0.5, 0.6) is 0 Å². The lowest BCUT2D eigenvalue weighted by Gasteiger charge is -2.16. The number of pyridine rings is 1. The van der Waals surface area contributed by atoms with E-state index in [1.807, 2.05) is 0 Å². The topological polar surface area (TPSA) is 68.3 Å². The highest BCUT2D eigenvalue weighted by Gasteiger charge is 2.15. The van der Waals surface area contributed by atoms with Crippen LogP contribution in [0.25, 0.3) is 0 Å². The number of rotatable bonds is 5. The van der Waals surface area contributed by atoms with Gasteiger partial charge in [0.1, 0.15) is 0 Å². The van der Waals surface area contributed by atoms with Crippen molar-refractivity contribution in [2.24, 2.45) is 0 Å². The molecule has 0 aliphatic rings. The molecule has 0 aliphatic heterocycles. The summed E-state index contributed by atoms with van der Waals surface area (Å²) in [6.45, 7) is 1.39. The van der Waals surface area contributed by atoms with Gasteiger partial charge in [-0.25, -0.2) is 4.79 Å². The molecule has 0 unspecified atom stereocenters. The van der Waals surface area contributed by atoms with Crippen LogP contribution in [-0.2, 0) is 9.53 Å². The summed E-state index contributed by atoms with van der Waals surface area (Å²) in [5.74, 6) is -1.04. The molecule has 7 heteroatoms. The van der Waals surface area contributed by atoms with E-state index in [0.717, 1.165) is 5.56 Å². The first-order valence-electron chi connectivity index (χ1n) is 6.79. The molecule has 1 N–H and O–H groups in total. The third-order valence-corrected chi connectivity index (χ3v) is 3.60. The number of hydrogen-bond acceptors (Lipinski definition) is 4. The molecule has 2 rings (SSSR count). The highest BCUT2D eigenvalue weighted by Crippen LogP contribution is 2.25. The molecule has 0 radical (unpaired) electrons. The number of nitrogens with zero attached hydrogens (tertiary/aromatic N) is 1. The molecular formula is C16H14Cl2N2O3. The van der Waals surface area contributed by atoms with E-state index in [4.69, 9.17) is 27.9 Å². The number of aromatic nitrogens is 1. The second kappa shape index (κ2) is 7.94. The predicted molar refractivity (Wildman–Crippen MR) is 87.5 cm³/mol. The zero-order valence-electron chi connectivity index (χ0n) is 12.3. The monoisotopic (exact) mass is 352 g/mol. The zero-order chi connectivity index (χ0) is 16.8. The predicted octanol–water partition coefficient (Wildman–Crippen LogP) is 3.42. The Morgan fingerprint density at radius 3 is 2.74 bits per heavy atom. The Bertz CT molecular complexity index is 708. The summed E-state index contributed by atoms with van der Waals surface area (Å²) in [6.07, 6.45) is 2.91. The smallest absolute Gasteiger partial charge is 0.340 e. The standard InChI is InChI=1S/C16H14Cl2N2O3/c1-10(13-5-4-12(17)7-14(13)18)20-15(21)9-23-16(22)11-3-2-6-19-8-11/h2-8,10H,9H2,1H3,(H,20,21)/t10-/m1/s1. The quantitative estimate of drug-likeness (QED) is 0.837. The molecule has 0 aliphatic carbocycles. The van der Waals surface area contributed by atoms with Crippen molar-refractivity contribution in [3.63, 3.8) is 0 Å². The van der Waals surface area contributed by atoms with E-state index < -0.39 is 11.9 Å². The zero-order valence-corrected chi connectivity index (χ0v) is 13.8. The van der Waals surface area contributed by atoms with Gasteiger partial charge in [0.15, 0.2) is 6.61 Å². The number of carbonyl (C=O) groups excluding carboxylic acids is 2. The number of carbonyl (C=O) groups is 2. The number of nitrogens with one attached hydrogen (secondary N) is 1. The Kier molecular flexibility index (Phi) is 5.96. The first kappa shape index (κ1) is 17.2. The first-order valence-corrected chi connectivity index (χ1v) is 7.54. The molecule has 2 aromatic rings. The Hall–Kier alpha value is -2.11. The van der Waals surface area contributed by atoms with Gasteiger partial charge in [-0.3, -0.25) is 9.78 Å². The van der Waals surface area contributed by atoms with Crippen LogP contribution in [0.3, 0.4) is 0 Å². The molecule has 5 nitrogen and oxygen atoms in total. The molecule has 0 saturated carbocycles. The largest absolute Gasteiger partial charge is 0.452 e. The van der Waals surface area contributed by atoms with Gasteiger partial charge in [-0.2, -0.15) is 0 Å². The first-order chi connectivity index (χ1) is 11.0. The summed E-state index contributed by atoms with van der Waals surface area (Å²) in [7, 11) is 0. The molecule has 0 fully saturated rings. The lowest BCUT2D eigenvalue weighted by molar-refractivity contribution is -0.124. The van der Waals surface area contributed by atoms with Gasteiger partial charge in [-0.1, -0.05) is 29.3 Å². The Morgan fingerprint density at radius 1 is 1.30 bits per heavy atom. The number of benzene rings is 1. The molecular weight excluding hydrogens is 339 g/mol. The van der Waals surface area contributed by atoms with Crippen LogP contribution in [0.15, 0.2) is 42.7 Å². The third-order valence-electron chi connectivity index (χ3n) is 3.04. The minimum atomic E-state index is -0.606. The fraction of sp³-hybridized carbons (Fsp3) is 0.188. The maximum absolute atomic E-state index is 11.9. The number of hydrogen-bond donors (Lipinski definition) is 1. The summed E-state index contributed by atoms with van der Waals surface area (Å²) in [4.78, 5) is 27.4. The van der Waals surface area contributed by atoms with Gasteiger partial charge in [0.25, 0.3) is 5.91 Å². The van der Waals surface area contributed by atoms with Gasteiger partial charge in [-0.05, 0) is 36.8 Å². The molecule has 0 bridgehead atoms. The Morgan fingerprint density at radius 2 is 2.09 bits per heavy atom. The average molecular weight is 353 g/mol. The van der Waals surface area contributed by atoms with Crippen LogP contribution in [0, 0.1) is 0 Å². The molecule has 1 aromatic carbocycles. The van der Waals surface area contributed by atoms with Crippen LogP contribution in [0.2, 0.25) is 10.0 Å². The van der Waals surface area contributed by atoms with Crippen molar-refractivity contribution in [3.05, 3.63) is 63.9 Å². The number of esters is 1. The van der Waals surface area contributed by atoms with Crippen LogP contribution in [-0.4, -0.2) is 23.5 Å². The van der Waals surface area contributed by atoms with E-state index in [-0.39, 0.29) is 18.2 Å². The highest BCUT2D eigenvalue weighted by molar-refractivity contribution is 6.35. The van der Waals surface area contributed by atoms with Crippen molar-refractivity contribution >= 4 is 35.1 Å². The second-order valence-corrected chi connectivity index (χ2v) is 5.62. The van der Waals surface area contributed by atoms with Crippen molar-refractivity contribution in [2.45, 2.75) is 13.0 Å². The maximum atomic E-state index is 11.9. The van der Waals surface area contributed by atoms with Gasteiger partial charge in [0.2, 0.25) is 0 Å². The van der Waals surface area contributed by atoms with Crippen LogP contribution < -0.4 is 5.32 Å². The minimum absolute atomic E-state index is 0.286. The molecule has 1 aromatic heterocycles. The van der Waals surface area contributed by atoms with Gasteiger partial charge >= 0.3 is 5.97 Å². The molecule has 120 valence electrons. The van der Waals surface area contributed by atoms with Crippen molar-refractivity contribution in [1.82, 2.24) is 10.3 Å². The van der Waals surface area contributed by atoms with Crippen molar-refractivity contribution < 1.29 is 14.3 Å². The Labute approximate surface area is 143 Å². The van der Waals surface area contributed by atoms with Crippen LogP contribution in [0.4, 0.5) is 0 Å². The summed E-state index contributed by atoms with van der Waals surface area (Å²) in [5.41, 5.74) is 1.01. The molecule has 0 spiro atoms. The summed E-state index contributed by atoms with van der Waals surface area (Å²) < 4.78 is 4.93. The minimum Gasteiger partial charge on any atom is -0.452 e. The number of halogens is 2. The maximum Gasteiger partial charge on any atom is 0.340 e.